The second kappa shape index (κ2) is 6.76. The van der Waals surface area contributed by atoms with Gasteiger partial charge in [-0.25, -0.2) is 0 Å². The van der Waals surface area contributed by atoms with E-state index < -0.39 is 0 Å². The molecule has 1 aromatic carbocycles. The highest BCUT2D eigenvalue weighted by molar-refractivity contribution is 6.32. The van der Waals surface area contributed by atoms with E-state index in [-0.39, 0.29) is 0 Å². The van der Waals surface area contributed by atoms with E-state index in [2.05, 4.69) is 32.5 Å². The standard InChI is InChI=1S/C12H14ClN5O2/c1-3-4-20-11-9(13)5-8(6-10(11)19-2)7-14-12-15-17-18-16-12/h3,5-6H,1,4,7H2,2H3,(H2,14,15,16,17,18). The molecule has 0 radical (unpaired) electrons. The number of anilines is 1. The fourth-order valence-corrected chi connectivity index (χ4v) is 1.86. The third-order valence-electron chi connectivity index (χ3n) is 2.43. The van der Waals surface area contributed by atoms with E-state index in [4.69, 9.17) is 21.1 Å². The van der Waals surface area contributed by atoms with E-state index >= 15 is 0 Å². The van der Waals surface area contributed by atoms with Gasteiger partial charge in [0.1, 0.15) is 6.61 Å². The van der Waals surface area contributed by atoms with Gasteiger partial charge in [-0.15, -0.1) is 5.10 Å². The molecule has 0 aliphatic heterocycles. The molecule has 0 fully saturated rings. The molecule has 2 N–H and O–H groups in total. The summed E-state index contributed by atoms with van der Waals surface area (Å²) in [7, 11) is 1.56. The zero-order valence-corrected chi connectivity index (χ0v) is 11.6. The molecule has 0 bridgehead atoms. The number of nitrogens with zero attached hydrogens (tertiary/aromatic N) is 3. The van der Waals surface area contributed by atoms with Crippen LogP contribution >= 0.6 is 11.6 Å². The average Bonchev–Trinajstić information content (AvgIpc) is 2.96. The fraction of sp³-hybridized carbons (Fsp3) is 0.250. The predicted octanol–water partition coefficient (Wildman–Crippen LogP) is 2.04. The number of rotatable bonds is 7. The maximum absolute atomic E-state index is 6.19. The Morgan fingerprint density at radius 3 is 3.00 bits per heavy atom. The van der Waals surface area contributed by atoms with Crippen molar-refractivity contribution >= 4 is 17.5 Å². The van der Waals surface area contributed by atoms with Gasteiger partial charge in [-0.1, -0.05) is 29.4 Å². The molecular weight excluding hydrogens is 282 g/mol. The molecule has 2 rings (SSSR count). The second-order valence-electron chi connectivity index (χ2n) is 3.80. The summed E-state index contributed by atoms with van der Waals surface area (Å²) in [5.74, 6) is 1.47. The summed E-state index contributed by atoms with van der Waals surface area (Å²) >= 11 is 6.19. The number of aromatic nitrogens is 4. The molecule has 0 amide bonds. The first-order chi connectivity index (χ1) is 9.74. The van der Waals surface area contributed by atoms with E-state index in [0.717, 1.165) is 5.56 Å². The van der Waals surface area contributed by atoms with E-state index in [9.17, 15) is 0 Å². The third-order valence-corrected chi connectivity index (χ3v) is 2.71. The van der Waals surface area contributed by atoms with Gasteiger partial charge in [-0.2, -0.15) is 5.21 Å². The van der Waals surface area contributed by atoms with E-state index in [1.165, 1.54) is 0 Å². The number of H-pyrrole nitrogens is 1. The van der Waals surface area contributed by atoms with Crippen LogP contribution in [0, 0.1) is 0 Å². The summed E-state index contributed by atoms with van der Waals surface area (Å²) in [6.07, 6.45) is 1.64. The van der Waals surface area contributed by atoms with Crippen molar-refractivity contribution in [3.63, 3.8) is 0 Å². The number of benzene rings is 1. The highest BCUT2D eigenvalue weighted by Gasteiger charge is 2.12. The van der Waals surface area contributed by atoms with Gasteiger partial charge in [0.05, 0.1) is 12.1 Å². The molecule has 0 saturated carbocycles. The van der Waals surface area contributed by atoms with E-state index in [1.807, 2.05) is 6.07 Å². The lowest BCUT2D eigenvalue weighted by molar-refractivity contribution is 0.326. The monoisotopic (exact) mass is 295 g/mol. The molecule has 0 saturated heterocycles. The van der Waals surface area contributed by atoms with Crippen molar-refractivity contribution in [2.45, 2.75) is 6.54 Å². The molecule has 0 aliphatic carbocycles. The smallest absolute Gasteiger partial charge is 0.263 e. The lowest BCUT2D eigenvalue weighted by Crippen LogP contribution is -2.03. The first-order valence-corrected chi connectivity index (χ1v) is 6.19. The van der Waals surface area contributed by atoms with Gasteiger partial charge in [-0.05, 0) is 22.9 Å². The molecule has 1 aromatic heterocycles. The summed E-state index contributed by atoms with van der Waals surface area (Å²) in [4.78, 5) is 0. The average molecular weight is 296 g/mol. The molecule has 2 aromatic rings. The molecule has 7 nitrogen and oxygen atoms in total. The molecule has 1 heterocycles. The van der Waals surface area contributed by atoms with Crippen molar-refractivity contribution in [3.8, 4) is 11.5 Å². The van der Waals surface area contributed by atoms with Crippen molar-refractivity contribution < 1.29 is 9.47 Å². The second-order valence-corrected chi connectivity index (χ2v) is 4.20. The van der Waals surface area contributed by atoms with Gasteiger partial charge >= 0.3 is 0 Å². The van der Waals surface area contributed by atoms with Crippen molar-refractivity contribution in [1.29, 1.82) is 0 Å². The number of hydrogen-bond donors (Lipinski definition) is 2. The van der Waals surface area contributed by atoms with Crippen LogP contribution in [0.25, 0.3) is 0 Å². The van der Waals surface area contributed by atoms with Crippen LogP contribution in [-0.2, 0) is 6.54 Å². The third kappa shape index (κ3) is 3.39. The zero-order valence-electron chi connectivity index (χ0n) is 10.9. The molecule has 0 unspecified atom stereocenters. The van der Waals surface area contributed by atoms with Crippen LogP contribution in [0.3, 0.4) is 0 Å². The van der Waals surface area contributed by atoms with Gasteiger partial charge in [0, 0.05) is 6.54 Å². The number of aromatic amines is 1. The first-order valence-electron chi connectivity index (χ1n) is 5.82. The first kappa shape index (κ1) is 14.1. The minimum atomic E-state index is 0.358. The number of halogens is 1. The lowest BCUT2D eigenvalue weighted by atomic mass is 10.2. The Morgan fingerprint density at radius 1 is 1.50 bits per heavy atom. The van der Waals surface area contributed by atoms with Crippen molar-refractivity contribution in [2.24, 2.45) is 0 Å². The highest BCUT2D eigenvalue weighted by Crippen LogP contribution is 2.36. The van der Waals surface area contributed by atoms with Crippen molar-refractivity contribution in [3.05, 3.63) is 35.4 Å². The quantitative estimate of drug-likeness (QED) is 0.760. The van der Waals surface area contributed by atoms with Gasteiger partial charge in [0.15, 0.2) is 11.5 Å². The molecule has 20 heavy (non-hydrogen) atoms. The number of nitrogens with one attached hydrogen (secondary N) is 2. The van der Waals surface area contributed by atoms with Gasteiger partial charge in [0.2, 0.25) is 0 Å². The van der Waals surface area contributed by atoms with Gasteiger partial charge < -0.3 is 14.8 Å². The Hall–Kier alpha value is -2.28. The van der Waals surface area contributed by atoms with E-state index in [0.29, 0.717) is 35.6 Å². The molecule has 0 aliphatic rings. The number of methoxy groups -OCH3 is 1. The Kier molecular flexibility index (Phi) is 4.78. The lowest BCUT2D eigenvalue weighted by Gasteiger charge is -2.13. The topological polar surface area (TPSA) is 85.0 Å². The highest BCUT2D eigenvalue weighted by atomic mass is 35.5. The maximum atomic E-state index is 6.19. The largest absolute Gasteiger partial charge is 0.493 e. The molecule has 106 valence electrons. The SMILES string of the molecule is C=CCOc1c(Cl)cc(CNc2nn[nH]n2)cc1OC. The summed E-state index contributed by atoms with van der Waals surface area (Å²) in [5, 5.41) is 16.9. The van der Waals surface area contributed by atoms with Crippen LogP contribution < -0.4 is 14.8 Å². The molecule has 0 spiro atoms. The number of ether oxygens (including phenoxy) is 2. The minimum absolute atomic E-state index is 0.358. The van der Waals surface area contributed by atoms with Crippen LogP contribution in [0.15, 0.2) is 24.8 Å². The Bertz CT molecular complexity index is 573. The normalized spacial score (nSPS) is 10.1. The van der Waals surface area contributed by atoms with Gasteiger partial charge in [0.25, 0.3) is 5.95 Å². The number of tetrazole rings is 1. The fourth-order valence-electron chi connectivity index (χ4n) is 1.58. The number of hydrogen-bond acceptors (Lipinski definition) is 6. The van der Waals surface area contributed by atoms with Crippen LogP contribution in [0.2, 0.25) is 5.02 Å². The Labute approximate surface area is 120 Å². The molecular formula is C12H14ClN5O2. The summed E-state index contributed by atoms with van der Waals surface area (Å²) in [6.45, 7) is 4.44. The zero-order chi connectivity index (χ0) is 14.4. The van der Waals surface area contributed by atoms with E-state index in [1.54, 1.807) is 19.3 Å². The van der Waals surface area contributed by atoms with Crippen LogP contribution in [0.1, 0.15) is 5.56 Å². The molecule has 8 heteroatoms. The summed E-state index contributed by atoms with van der Waals surface area (Å²) in [6, 6.07) is 3.62. The maximum Gasteiger partial charge on any atom is 0.263 e. The van der Waals surface area contributed by atoms with Crippen LogP contribution in [-0.4, -0.2) is 34.3 Å². The van der Waals surface area contributed by atoms with Crippen LogP contribution in [0.4, 0.5) is 5.95 Å². The van der Waals surface area contributed by atoms with Crippen LogP contribution in [0.5, 0.6) is 11.5 Å². The Morgan fingerprint density at radius 2 is 2.35 bits per heavy atom. The van der Waals surface area contributed by atoms with Crippen molar-refractivity contribution in [2.75, 3.05) is 19.0 Å². The molecule has 0 atom stereocenters. The summed E-state index contributed by atoms with van der Waals surface area (Å²) < 4.78 is 10.8. The predicted molar refractivity (Wildman–Crippen MR) is 75.2 cm³/mol. The summed E-state index contributed by atoms with van der Waals surface area (Å²) in [5.41, 5.74) is 0.905. The minimum Gasteiger partial charge on any atom is -0.493 e. The van der Waals surface area contributed by atoms with Crippen molar-refractivity contribution in [1.82, 2.24) is 20.6 Å². The van der Waals surface area contributed by atoms with Gasteiger partial charge in [-0.3, -0.25) is 0 Å². The Balaban J connectivity index is 2.14.